The van der Waals surface area contributed by atoms with Crippen LogP contribution in [0.25, 0.3) is 21.9 Å². The predicted octanol–water partition coefficient (Wildman–Crippen LogP) is 4.18. The van der Waals surface area contributed by atoms with E-state index in [0.717, 1.165) is 12.1 Å². The van der Waals surface area contributed by atoms with Crippen molar-refractivity contribution in [1.29, 1.82) is 0 Å². The Kier molecular flexibility index (Phi) is 3.92. The molecule has 4 aromatic rings. The molecule has 1 amide bonds. The number of aromatic nitrogens is 1. The zero-order chi connectivity index (χ0) is 19.1. The lowest BCUT2D eigenvalue weighted by Gasteiger charge is -2.09. The molecule has 7 heteroatoms. The number of rotatable bonds is 2. The molecule has 0 atom stereocenters. The van der Waals surface area contributed by atoms with Gasteiger partial charge in [0.1, 0.15) is 11.4 Å². The monoisotopic (exact) mass is 366 g/mol. The van der Waals surface area contributed by atoms with Crippen LogP contribution in [0.2, 0.25) is 0 Å². The van der Waals surface area contributed by atoms with E-state index in [1.165, 1.54) is 12.1 Å². The first-order valence-corrected chi connectivity index (χ1v) is 8.03. The van der Waals surface area contributed by atoms with E-state index in [4.69, 9.17) is 4.42 Å². The summed E-state index contributed by atoms with van der Waals surface area (Å²) < 4.78 is 31.7. The number of para-hydroxylation sites is 1. The van der Waals surface area contributed by atoms with E-state index in [2.05, 4.69) is 10.3 Å². The van der Waals surface area contributed by atoms with Crippen LogP contribution in [-0.4, -0.2) is 10.9 Å². The minimum absolute atomic E-state index is 0.0501. The van der Waals surface area contributed by atoms with Gasteiger partial charge in [-0.2, -0.15) is 0 Å². The van der Waals surface area contributed by atoms with Crippen LogP contribution in [-0.2, 0) is 0 Å². The molecule has 0 fully saturated rings. The molecule has 27 heavy (non-hydrogen) atoms. The molecule has 0 aliphatic rings. The Bertz CT molecular complexity index is 1280. The van der Waals surface area contributed by atoms with Crippen LogP contribution in [0.1, 0.15) is 15.9 Å². The molecular formula is C20H12F2N2O3. The van der Waals surface area contributed by atoms with E-state index in [-0.39, 0.29) is 11.4 Å². The molecule has 2 heterocycles. The van der Waals surface area contributed by atoms with Gasteiger partial charge in [-0.1, -0.05) is 12.1 Å². The summed E-state index contributed by atoms with van der Waals surface area (Å²) in [7, 11) is 0. The first kappa shape index (κ1) is 16.8. The number of pyridine rings is 1. The highest BCUT2D eigenvalue weighted by molar-refractivity contribution is 6.06. The highest BCUT2D eigenvalue weighted by Crippen LogP contribution is 2.25. The molecule has 2 aromatic carbocycles. The fraction of sp³-hybridized carbons (Fsp3) is 0.0500. The fourth-order valence-electron chi connectivity index (χ4n) is 2.92. The van der Waals surface area contributed by atoms with Crippen LogP contribution < -0.4 is 10.9 Å². The van der Waals surface area contributed by atoms with Crippen molar-refractivity contribution in [3.8, 4) is 0 Å². The number of anilines is 1. The molecule has 134 valence electrons. The van der Waals surface area contributed by atoms with Crippen molar-refractivity contribution in [2.24, 2.45) is 0 Å². The number of amides is 1. The average Bonchev–Trinajstić information content (AvgIpc) is 2.63. The summed E-state index contributed by atoms with van der Waals surface area (Å²) in [5.41, 5.74) is 0.770. The number of fused-ring (bicyclic) bond motifs is 3. The van der Waals surface area contributed by atoms with Crippen molar-refractivity contribution in [3.05, 3.63) is 81.7 Å². The van der Waals surface area contributed by atoms with Crippen LogP contribution in [0.5, 0.6) is 0 Å². The third-order valence-corrected chi connectivity index (χ3v) is 4.19. The Morgan fingerprint density at radius 3 is 2.63 bits per heavy atom. The fourth-order valence-corrected chi connectivity index (χ4v) is 2.92. The second kappa shape index (κ2) is 6.28. The highest BCUT2D eigenvalue weighted by Gasteiger charge is 2.15. The van der Waals surface area contributed by atoms with Gasteiger partial charge in [-0.15, -0.1) is 0 Å². The maximum absolute atomic E-state index is 13.4. The average molecular weight is 366 g/mol. The molecule has 1 N–H and O–H groups in total. The molecular weight excluding hydrogens is 354 g/mol. The maximum atomic E-state index is 13.4. The quantitative estimate of drug-likeness (QED) is 0.427. The normalized spacial score (nSPS) is 11.1. The summed E-state index contributed by atoms with van der Waals surface area (Å²) >= 11 is 0. The number of carbonyl (C=O) groups excluding carboxylic acids is 1. The molecule has 0 aliphatic carbocycles. The van der Waals surface area contributed by atoms with Gasteiger partial charge in [-0.3, -0.25) is 4.79 Å². The molecule has 0 saturated carbocycles. The summed E-state index contributed by atoms with van der Waals surface area (Å²) in [6.07, 6.45) is 0. The van der Waals surface area contributed by atoms with Gasteiger partial charge in [0.2, 0.25) is 0 Å². The van der Waals surface area contributed by atoms with Crippen molar-refractivity contribution >= 4 is 33.6 Å². The number of carbonyl (C=O) groups is 1. The van der Waals surface area contributed by atoms with E-state index in [1.54, 1.807) is 31.2 Å². The smallest absolute Gasteiger partial charge is 0.346 e. The Morgan fingerprint density at radius 1 is 1.07 bits per heavy atom. The van der Waals surface area contributed by atoms with E-state index in [0.29, 0.717) is 27.4 Å². The van der Waals surface area contributed by atoms with Crippen LogP contribution in [0.3, 0.4) is 0 Å². The molecule has 0 saturated heterocycles. The topological polar surface area (TPSA) is 72.2 Å². The number of nitrogens with one attached hydrogen (secondary N) is 1. The number of hydrogen-bond acceptors (Lipinski definition) is 4. The number of halogens is 2. The van der Waals surface area contributed by atoms with Gasteiger partial charge in [0.25, 0.3) is 5.91 Å². The standard InChI is InChI=1S/C20H12F2N2O3/c1-10-8-16(24-19(25)11-6-7-13(21)14(22)9-11)23-18-12-4-2-3-5-15(12)27-20(26)17(10)18/h2-9H,1H3,(H,23,24,25). The van der Waals surface area contributed by atoms with Gasteiger partial charge >= 0.3 is 5.63 Å². The minimum Gasteiger partial charge on any atom is -0.422 e. The molecule has 0 aliphatic heterocycles. The van der Waals surface area contributed by atoms with E-state index < -0.39 is 23.2 Å². The lowest BCUT2D eigenvalue weighted by atomic mass is 10.1. The van der Waals surface area contributed by atoms with Crippen molar-refractivity contribution in [2.75, 3.05) is 5.32 Å². The van der Waals surface area contributed by atoms with Crippen molar-refractivity contribution < 1.29 is 18.0 Å². The Hall–Kier alpha value is -3.61. The van der Waals surface area contributed by atoms with Crippen LogP contribution >= 0.6 is 0 Å². The number of benzene rings is 2. The maximum Gasteiger partial charge on any atom is 0.346 e. The summed E-state index contributed by atoms with van der Waals surface area (Å²) in [5.74, 6) is -2.61. The first-order valence-electron chi connectivity index (χ1n) is 8.03. The van der Waals surface area contributed by atoms with Crippen molar-refractivity contribution in [2.45, 2.75) is 6.92 Å². The lowest BCUT2D eigenvalue weighted by molar-refractivity contribution is 0.102. The summed E-state index contributed by atoms with van der Waals surface area (Å²) in [4.78, 5) is 29.0. The number of aryl methyl sites for hydroxylation is 1. The lowest BCUT2D eigenvalue weighted by Crippen LogP contribution is -2.14. The molecule has 2 aromatic heterocycles. The van der Waals surface area contributed by atoms with Gasteiger partial charge < -0.3 is 9.73 Å². The van der Waals surface area contributed by atoms with Crippen LogP contribution in [0.4, 0.5) is 14.6 Å². The van der Waals surface area contributed by atoms with Crippen LogP contribution in [0.15, 0.2) is 57.7 Å². The third-order valence-electron chi connectivity index (χ3n) is 4.19. The van der Waals surface area contributed by atoms with Gasteiger partial charge in [0.05, 0.1) is 10.9 Å². The van der Waals surface area contributed by atoms with Gasteiger partial charge in [-0.05, 0) is 48.9 Å². The summed E-state index contributed by atoms with van der Waals surface area (Å²) in [5, 5.41) is 3.49. The molecule has 0 spiro atoms. The highest BCUT2D eigenvalue weighted by atomic mass is 19.2. The second-order valence-corrected chi connectivity index (χ2v) is 6.02. The van der Waals surface area contributed by atoms with Gasteiger partial charge in [0.15, 0.2) is 11.6 Å². The molecule has 0 unspecified atom stereocenters. The zero-order valence-electron chi connectivity index (χ0n) is 14.0. The van der Waals surface area contributed by atoms with Crippen molar-refractivity contribution in [1.82, 2.24) is 4.98 Å². The van der Waals surface area contributed by atoms with Crippen LogP contribution in [0, 0.1) is 18.6 Å². The van der Waals surface area contributed by atoms with Gasteiger partial charge in [0, 0.05) is 10.9 Å². The summed E-state index contributed by atoms with van der Waals surface area (Å²) in [6, 6.07) is 11.3. The Morgan fingerprint density at radius 2 is 1.85 bits per heavy atom. The molecule has 5 nitrogen and oxygen atoms in total. The SMILES string of the molecule is Cc1cc(NC(=O)c2ccc(F)c(F)c2)nc2c1c(=O)oc1ccccc12. The molecule has 0 radical (unpaired) electrons. The zero-order valence-corrected chi connectivity index (χ0v) is 14.0. The third kappa shape index (κ3) is 2.93. The molecule has 4 rings (SSSR count). The van der Waals surface area contributed by atoms with Crippen molar-refractivity contribution in [3.63, 3.8) is 0 Å². The minimum atomic E-state index is -1.12. The van der Waals surface area contributed by atoms with E-state index in [1.807, 2.05) is 0 Å². The second-order valence-electron chi connectivity index (χ2n) is 6.02. The predicted molar refractivity (Wildman–Crippen MR) is 96.8 cm³/mol. The Labute approximate surface area is 151 Å². The first-order chi connectivity index (χ1) is 12.9. The number of nitrogens with zero attached hydrogens (tertiary/aromatic N) is 1. The van der Waals surface area contributed by atoms with E-state index in [9.17, 15) is 18.4 Å². The number of hydrogen-bond donors (Lipinski definition) is 1. The van der Waals surface area contributed by atoms with Gasteiger partial charge in [-0.25, -0.2) is 18.6 Å². The Balaban J connectivity index is 1.83. The largest absolute Gasteiger partial charge is 0.422 e. The van der Waals surface area contributed by atoms with E-state index >= 15 is 0 Å². The molecule has 0 bridgehead atoms. The summed E-state index contributed by atoms with van der Waals surface area (Å²) in [6.45, 7) is 1.70.